The normalized spacial score (nSPS) is 18.0. The third kappa shape index (κ3) is 3.66. The zero-order valence-corrected chi connectivity index (χ0v) is 14.0. The number of aliphatic carboxylic acids is 1. The first kappa shape index (κ1) is 17.3. The molecule has 1 saturated carbocycles. The Morgan fingerprint density at radius 2 is 1.91 bits per heavy atom. The zero-order chi connectivity index (χ0) is 17.0. The van der Waals surface area contributed by atoms with E-state index < -0.39 is 17.4 Å². The smallest absolute Gasteiger partial charge is 0.329 e. The molecule has 1 aromatic rings. The van der Waals surface area contributed by atoms with Crippen LogP contribution in [0, 0.1) is 6.92 Å². The van der Waals surface area contributed by atoms with Crippen LogP contribution in [0.25, 0.3) is 0 Å². The fourth-order valence-corrected chi connectivity index (χ4v) is 3.21. The quantitative estimate of drug-likeness (QED) is 0.875. The van der Waals surface area contributed by atoms with Crippen LogP contribution >= 0.6 is 0 Å². The molecule has 1 atom stereocenters. The van der Waals surface area contributed by atoms with Crippen molar-refractivity contribution in [2.45, 2.75) is 57.4 Å². The van der Waals surface area contributed by atoms with E-state index in [1.165, 1.54) is 0 Å². The monoisotopic (exact) mass is 319 g/mol. The SMILES string of the molecule is COc1cc(C)ccc1C(C)C(=O)NC1(C(=O)O)CCCCC1. The summed E-state index contributed by atoms with van der Waals surface area (Å²) in [5.74, 6) is -1.02. The minimum absolute atomic E-state index is 0.267. The van der Waals surface area contributed by atoms with Crippen molar-refractivity contribution in [3.8, 4) is 5.75 Å². The molecule has 2 N–H and O–H groups in total. The molecular weight excluding hydrogens is 294 g/mol. The van der Waals surface area contributed by atoms with E-state index >= 15 is 0 Å². The van der Waals surface area contributed by atoms with Gasteiger partial charge in [0.25, 0.3) is 0 Å². The van der Waals surface area contributed by atoms with Crippen LogP contribution in [0.3, 0.4) is 0 Å². The first-order valence-corrected chi connectivity index (χ1v) is 8.09. The fourth-order valence-electron chi connectivity index (χ4n) is 3.21. The third-order valence-corrected chi connectivity index (χ3v) is 4.73. The number of rotatable bonds is 5. The van der Waals surface area contributed by atoms with E-state index in [0.29, 0.717) is 18.6 Å². The lowest BCUT2D eigenvalue weighted by Gasteiger charge is -2.35. The predicted molar refractivity (Wildman–Crippen MR) is 87.7 cm³/mol. The standard InChI is InChI=1S/C18H25NO4/c1-12-7-8-14(15(11-12)23-3)13(2)16(20)19-18(17(21)22)9-5-4-6-10-18/h7-8,11,13H,4-6,9-10H2,1-3H3,(H,19,20)(H,21,22). The van der Waals surface area contributed by atoms with Gasteiger partial charge in [-0.15, -0.1) is 0 Å². The maximum atomic E-state index is 12.6. The highest BCUT2D eigenvalue weighted by atomic mass is 16.5. The van der Waals surface area contributed by atoms with Gasteiger partial charge in [0.15, 0.2) is 0 Å². The van der Waals surface area contributed by atoms with Gasteiger partial charge in [0.1, 0.15) is 11.3 Å². The van der Waals surface area contributed by atoms with Crippen LogP contribution in [0.4, 0.5) is 0 Å². The summed E-state index contributed by atoms with van der Waals surface area (Å²) in [5.41, 5.74) is 0.695. The third-order valence-electron chi connectivity index (χ3n) is 4.73. The van der Waals surface area contributed by atoms with E-state index in [1.807, 2.05) is 25.1 Å². The highest BCUT2D eigenvalue weighted by Crippen LogP contribution is 2.32. The second kappa shape index (κ2) is 7.02. The van der Waals surface area contributed by atoms with Gasteiger partial charge >= 0.3 is 5.97 Å². The topological polar surface area (TPSA) is 75.6 Å². The van der Waals surface area contributed by atoms with E-state index in [-0.39, 0.29) is 5.91 Å². The van der Waals surface area contributed by atoms with Gasteiger partial charge in [-0.1, -0.05) is 31.4 Å². The number of amides is 1. The summed E-state index contributed by atoms with van der Waals surface area (Å²) in [6.07, 6.45) is 3.66. The molecule has 23 heavy (non-hydrogen) atoms. The summed E-state index contributed by atoms with van der Waals surface area (Å²) in [7, 11) is 1.57. The van der Waals surface area contributed by atoms with Crippen LogP contribution in [0.15, 0.2) is 18.2 Å². The van der Waals surface area contributed by atoms with Gasteiger partial charge < -0.3 is 15.2 Å². The van der Waals surface area contributed by atoms with Crippen LogP contribution in [-0.2, 0) is 9.59 Å². The second-order valence-corrected chi connectivity index (χ2v) is 6.40. The molecule has 5 heteroatoms. The van der Waals surface area contributed by atoms with E-state index in [9.17, 15) is 14.7 Å². The van der Waals surface area contributed by atoms with Crippen molar-refractivity contribution in [3.63, 3.8) is 0 Å². The van der Waals surface area contributed by atoms with Crippen LogP contribution in [0.5, 0.6) is 5.75 Å². The minimum Gasteiger partial charge on any atom is -0.496 e. The molecule has 1 unspecified atom stereocenters. The molecule has 0 heterocycles. The predicted octanol–water partition coefficient (Wildman–Crippen LogP) is 3.01. The summed E-state index contributed by atoms with van der Waals surface area (Å²) in [5, 5.41) is 12.4. The lowest BCUT2D eigenvalue weighted by atomic mass is 9.81. The number of aryl methyl sites for hydroxylation is 1. The van der Waals surface area contributed by atoms with Crippen LogP contribution in [0.1, 0.15) is 56.1 Å². The molecule has 1 amide bonds. The molecule has 1 aliphatic rings. The zero-order valence-electron chi connectivity index (χ0n) is 14.0. The summed E-state index contributed by atoms with van der Waals surface area (Å²) < 4.78 is 5.36. The van der Waals surface area contributed by atoms with Crippen LogP contribution < -0.4 is 10.1 Å². The molecule has 0 bridgehead atoms. The Balaban J connectivity index is 2.20. The lowest BCUT2D eigenvalue weighted by molar-refractivity contribution is -0.149. The van der Waals surface area contributed by atoms with Gasteiger partial charge in [-0.3, -0.25) is 4.79 Å². The highest BCUT2D eigenvalue weighted by Gasteiger charge is 2.41. The van der Waals surface area contributed by atoms with Gasteiger partial charge in [0, 0.05) is 5.56 Å². The lowest BCUT2D eigenvalue weighted by Crippen LogP contribution is -2.56. The number of nitrogens with one attached hydrogen (secondary N) is 1. The Morgan fingerprint density at radius 1 is 1.26 bits per heavy atom. The number of hydrogen-bond donors (Lipinski definition) is 2. The Morgan fingerprint density at radius 3 is 2.48 bits per heavy atom. The maximum absolute atomic E-state index is 12.6. The van der Waals surface area contributed by atoms with Gasteiger partial charge in [-0.2, -0.15) is 0 Å². The van der Waals surface area contributed by atoms with Crippen LogP contribution in [0.2, 0.25) is 0 Å². The van der Waals surface area contributed by atoms with E-state index in [0.717, 1.165) is 30.4 Å². The van der Waals surface area contributed by atoms with Gasteiger partial charge in [-0.25, -0.2) is 4.79 Å². The van der Waals surface area contributed by atoms with Crippen molar-refractivity contribution in [1.29, 1.82) is 0 Å². The number of hydrogen-bond acceptors (Lipinski definition) is 3. The number of methoxy groups -OCH3 is 1. The number of carboxylic acids is 1. The molecule has 1 fully saturated rings. The number of benzene rings is 1. The van der Waals surface area contributed by atoms with Crippen LogP contribution in [-0.4, -0.2) is 29.6 Å². The Labute approximate surface area is 137 Å². The molecule has 0 aliphatic heterocycles. The van der Waals surface area contributed by atoms with E-state index in [2.05, 4.69) is 5.32 Å². The van der Waals surface area contributed by atoms with Gasteiger partial charge in [-0.05, 0) is 38.3 Å². The molecule has 5 nitrogen and oxygen atoms in total. The number of ether oxygens (including phenoxy) is 1. The largest absolute Gasteiger partial charge is 0.496 e. The molecule has 1 aromatic carbocycles. The highest BCUT2D eigenvalue weighted by molar-refractivity contribution is 5.90. The molecular formula is C18H25NO4. The Kier molecular flexibility index (Phi) is 5.29. The van der Waals surface area contributed by atoms with Gasteiger partial charge in [0.2, 0.25) is 5.91 Å². The average Bonchev–Trinajstić information content (AvgIpc) is 2.54. The van der Waals surface area contributed by atoms with Crippen molar-refractivity contribution in [2.75, 3.05) is 7.11 Å². The summed E-state index contributed by atoms with van der Waals surface area (Å²) in [6.45, 7) is 3.74. The van der Waals surface area contributed by atoms with Crippen molar-refractivity contribution in [3.05, 3.63) is 29.3 Å². The van der Waals surface area contributed by atoms with Crippen molar-refractivity contribution < 1.29 is 19.4 Å². The Bertz CT molecular complexity index is 591. The van der Waals surface area contributed by atoms with E-state index in [4.69, 9.17) is 4.74 Å². The second-order valence-electron chi connectivity index (χ2n) is 6.40. The maximum Gasteiger partial charge on any atom is 0.329 e. The number of carboxylic acid groups (broad SMARTS) is 1. The molecule has 2 rings (SSSR count). The van der Waals surface area contributed by atoms with Crippen molar-refractivity contribution >= 4 is 11.9 Å². The Hall–Kier alpha value is -2.04. The number of carbonyl (C=O) groups is 2. The molecule has 0 aromatic heterocycles. The minimum atomic E-state index is -1.12. The molecule has 0 spiro atoms. The number of carbonyl (C=O) groups excluding carboxylic acids is 1. The first-order valence-electron chi connectivity index (χ1n) is 8.09. The summed E-state index contributed by atoms with van der Waals surface area (Å²) >= 11 is 0. The average molecular weight is 319 g/mol. The summed E-state index contributed by atoms with van der Waals surface area (Å²) in [6, 6.07) is 5.68. The molecule has 0 radical (unpaired) electrons. The first-order chi connectivity index (χ1) is 10.9. The van der Waals surface area contributed by atoms with Gasteiger partial charge in [0.05, 0.1) is 13.0 Å². The van der Waals surface area contributed by atoms with Crippen molar-refractivity contribution in [1.82, 2.24) is 5.32 Å². The molecule has 1 aliphatic carbocycles. The molecule has 0 saturated heterocycles. The molecule has 126 valence electrons. The fraction of sp³-hybridized carbons (Fsp3) is 0.556. The summed E-state index contributed by atoms with van der Waals surface area (Å²) in [4.78, 5) is 24.3. The van der Waals surface area contributed by atoms with E-state index in [1.54, 1.807) is 14.0 Å². The van der Waals surface area contributed by atoms with Crippen molar-refractivity contribution in [2.24, 2.45) is 0 Å².